The molecule has 3 heterocycles. The van der Waals surface area contributed by atoms with E-state index in [4.69, 9.17) is 25.7 Å². The Kier molecular flexibility index (Phi) is 11.3. The van der Waals surface area contributed by atoms with Crippen LogP contribution in [-0.4, -0.2) is 36.6 Å². The second kappa shape index (κ2) is 19.4. The standard InChI is InChI=1S/C73H46N8/c74-69(45-17-3-1-4-18-45)78-70(75)67-58-27-13-11-25-56(58)66(57-26-12-14-28-59(57)67)63-43-48(37-40-77-63)47-33-34-51-49(41-47)31-32-50-42-62(52-21-7-8-22-53(52)65(50)51)72-79-71(46-19-5-2-6-20-46)80-73(81-72)68-60-29-15-9-23-54(60)64(44-35-38-76-39-36-44)55-24-10-16-30-61(55)68/h1-43H,(H3,74,75,78). The van der Waals surface area contributed by atoms with Crippen LogP contribution in [0.3, 0.4) is 0 Å². The third-order valence-corrected chi connectivity index (χ3v) is 15.7. The van der Waals surface area contributed by atoms with Crippen LogP contribution in [0.25, 0.3) is 143 Å². The molecule has 378 valence electrons. The van der Waals surface area contributed by atoms with E-state index in [-0.39, 0.29) is 5.84 Å². The zero-order chi connectivity index (χ0) is 54.0. The number of amidine groups is 2. The molecule has 0 radical (unpaired) electrons. The van der Waals surface area contributed by atoms with Crippen LogP contribution >= 0.6 is 0 Å². The van der Waals surface area contributed by atoms with Crippen LogP contribution < -0.4 is 5.73 Å². The van der Waals surface area contributed by atoms with Gasteiger partial charge >= 0.3 is 0 Å². The lowest BCUT2D eigenvalue weighted by Gasteiger charge is -2.18. The van der Waals surface area contributed by atoms with Gasteiger partial charge in [0.1, 0.15) is 5.84 Å². The lowest BCUT2D eigenvalue weighted by molar-refractivity contribution is 1.08. The first-order valence-electron chi connectivity index (χ1n) is 27.0. The minimum atomic E-state index is 0.101. The molecule has 0 bridgehead atoms. The van der Waals surface area contributed by atoms with Crippen molar-refractivity contribution in [3.05, 3.63) is 272 Å². The molecular weight excluding hydrogens is 989 g/mol. The average Bonchev–Trinajstić information content (AvgIpc) is 3.67. The highest BCUT2D eigenvalue weighted by Gasteiger charge is 2.23. The van der Waals surface area contributed by atoms with Gasteiger partial charge in [0.05, 0.1) is 5.69 Å². The number of benzene rings is 12. The van der Waals surface area contributed by atoms with Crippen molar-refractivity contribution in [2.24, 2.45) is 10.7 Å². The van der Waals surface area contributed by atoms with Crippen molar-refractivity contribution >= 4 is 87.1 Å². The van der Waals surface area contributed by atoms with Crippen molar-refractivity contribution in [1.29, 1.82) is 5.41 Å². The van der Waals surface area contributed by atoms with Gasteiger partial charge in [0.25, 0.3) is 0 Å². The van der Waals surface area contributed by atoms with Gasteiger partial charge in [-0.15, -0.1) is 0 Å². The van der Waals surface area contributed by atoms with Gasteiger partial charge in [0, 0.05) is 52.0 Å². The van der Waals surface area contributed by atoms with E-state index in [2.05, 4.69) is 180 Å². The molecule has 0 saturated carbocycles. The summed E-state index contributed by atoms with van der Waals surface area (Å²) in [5, 5.41) is 24.1. The van der Waals surface area contributed by atoms with Crippen LogP contribution in [0.1, 0.15) is 11.1 Å². The van der Waals surface area contributed by atoms with E-state index in [0.29, 0.717) is 23.3 Å². The second-order valence-corrected chi connectivity index (χ2v) is 20.3. The molecule has 0 saturated heterocycles. The summed E-state index contributed by atoms with van der Waals surface area (Å²) in [6, 6.07) is 83.9. The Bertz CT molecular complexity index is 4960. The summed E-state index contributed by atoms with van der Waals surface area (Å²) in [7, 11) is 0. The molecular formula is C73H46N8. The fraction of sp³-hybridized carbons (Fsp3) is 0. The van der Waals surface area contributed by atoms with Gasteiger partial charge in [0.15, 0.2) is 23.3 Å². The Morgan fingerprint density at radius 3 is 1.52 bits per heavy atom. The summed E-state index contributed by atoms with van der Waals surface area (Å²) in [5.41, 5.74) is 17.0. The number of hydrogen-bond acceptors (Lipinski definition) is 6. The summed E-state index contributed by atoms with van der Waals surface area (Å²) in [6.07, 6.45) is 5.60. The Morgan fingerprint density at radius 1 is 0.358 bits per heavy atom. The average molecular weight is 1040 g/mol. The van der Waals surface area contributed by atoms with Crippen molar-refractivity contribution in [2.45, 2.75) is 0 Å². The maximum Gasteiger partial charge on any atom is 0.165 e. The molecule has 0 fully saturated rings. The van der Waals surface area contributed by atoms with Crippen molar-refractivity contribution in [2.75, 3.05) is 0 Å². The number of aromatic nitrogens is 5. The molecule has 3 aromatic heterocycles. The van der Waals surface area contributed by atoms with Gasteiger partial charge in [-0.05, 0) is 134 Å². The van der Waals surface area contributed by atoms with E-state index in [9.17, 15) is 5.41 Å². The number of hydrogen-bond donors (Lipinski definition) is 2. The fourth-order valence-corrected chi connectivity index (χ4v) is 12.1. The first-order chi connectivity index (χ1) is 40.0. The summed E-state index contributed by atoms with van der Waals surface area (Å²) >= 11 is 0. The lowest BCUT2D eigenvalue weighted by Crippen LogP contribution is -2.16. The zero-order valence-corrected chi connectivity index (χ0v) is 43.6. The predicted molar refractivity (Wildman–Crippen MR) is 335 cm³/mol. The monoisotopic (exact) mass is 1030 g/mol. The van der Waals surface area contributed by atoms with E-state index in [0.717, 1.165) is 137 Å². The SMILES string of the molecule is N=C(N=C(N)c1ccccc1)c1c2ccccc2c(-c2cc(-c3ccc4c(ccc5cc(-c6nc(-c7ccccc7)nc(-c7c8ccccc8c(-c8ccncc8)c8ccccc78)n6)c6ccccc6c54)c3)ccn2)c2ccccc12. The van der Waals surface area contributed by atoms with Crippen LogP contribution in [0.2, 0.25) is 0 Å². The highest BCUT2D eigenvalue weighted by atomic mass is 15.0. The number of fused-ring (bicyclic) bond motifs is 9. The van der Waals surface area contributed by atoms with Gasteiger partial charge in [-0.1, -0.05) is 206 Å². The molecule has 0 spiro atoms. The normalized spacial score (nSPS) is 11.9. The Balaban J connectivity index is 0.865. The first-order valence-corrected chi connectivity index (χ1v) is 27.0. The van der Waals surface area contributed by atoms with E-state index < -0.39 is 0 Å². The Morgan fingerprint density at radius 2 is 0.864 bits per heavy atom. The van der Waals surface area contributed by atoms with Gasteiger partial charge in [-0.3, -0.25) is 15.4 Å². The minimum Gasteiger partial charge on any atom is -0.383 e. The number of nitrogens with one attached hydrogen (secondary N) is 1. The molecule has 15 rings (SSSR count). The third-order valence-electron chi connectivity index (χ3n) is 15.7. The number of nitrogens with two attached hydrogens (primary N) is 1. The summed E-state index contributed by atoms with van der Waals surface area (Å²) in [4.78, 5) is 30.2. The van der Waals surface area contributed by atoms with Gasteiger partial charge in [-0.25, -0.2) is 19.9 Å². The van der Waals surface area contributed by atoms with Crippen LogP contribution in [-0.2, 0) is 0 Å². The second-order valence-electron chi connectivity index (χ2n) is 20.3. The smallest absolute Gasteiger partial charge is 0.165 e. The molecule has 15 aromatic rings. The molecule has 12 aromatic carbocycles. The van der Waals surface area contributed by atoms with E-state index in [1.807, 2.05) is 91.4 Å². The molecule has 0 amide bonds. The minimum absolute atomic E-state index is 0.101. The maximum atomic E-state index is 9.36. The quantitative estimate of drug-likeness (QED) is 0.0675. The molecule has 8 nitrogen and oxygen atoms in total. The summed E-state index contributed by atoms with van der Waals surface area (Å²) < 4.78 is 0. The lowest BCUT2D eigenvalue weighted by atomic mass is 9.88. The predicted octanol–water partition coefficient (Wildman–Crippen LogP) is 17.5. The molecule has 0 aliphatic rings. The van der Waals surface area contributed by atoms with Crippen LogP contribution in [0.15, 0.2) is 266 Å². The highest BCUT2D eigenvalue weighted by molar-refractivity contribution is 6.27. The zero-order valence-electron chi connectivity index (χ0n) is 43.6. The molecule has 8 heteroatoms. The molecule has 3 N–H and O–H groups in total. The highest BCUT2D eigenvalue weighted by Crippen LogP contribution is 2.45. The number of aliphatic imine (C=N–C) groups is 1. The molecule has 0 atom stereocenters. The Hall–Kier alpha value is -11.1. The van der Waals surface area contributed by atoms with Crippen molar-refractivity contribution < 1.29 is 0 Å². The molecule has 81 heavy (non-hydrogen) atoms. The number of nitrogens with zero attached hydrogens (tertiary/aromatic N) is 6. The van der Waals surface area contributed by atoms with E-state index >= 15 is 0 Å². The van der Waals surface area contributed by atoms with Crippen LogP contribution in [0.4, 0.5) is 0 Å². The fourth-order valence-electron chi connectivity index (χ4n) is 12.1. The molecule has 0 unspecified atom stereocenters. The van der Waals surface area contributed by atoms with Gasteiger partial charge < -0.3 is 5.73 Å². The third kappa shape index (κ3) is 8.04. The van der Waals surface area contributed by atoms with Crippen molar-refractivity contribution in [1.82, 2.24) is 24.9 Å². The Labute approximate surface area is 465 Å². The summed E-state index contributed by atoms with van der Waals surface area (Å²) in [6.45, 7) is 0. The van der Waals surface area contributed by atoms with Gasteiger partial charge in [-0.2, -0.15) is 0 Å². The van der Waals surface area contributed by atoms with Gasteiger partial charge in [0.2, 0.25) is 0 Å². The van der Waals surface area contributed by atoms with E-state index in [1.165, 1.54) is 0 Å². The van der Waals surface area contributed by atoms with Crippen molar-refractivity contribution in [3.8, 4) is 67.7 Å². The molecule has 0 aliphatic heterocycles. The maximum absolute atomic E-state index is 9.36. The van der Waals surface area contributed by atoms with Crippen LogP contribution in [0.5, 0.6) is 0 Å². The van der Waals surface area contributed by atoms with Crippen LogP contribution in [0, 0.1) is 5.41 Å². The summed E-state index contributed by atoms with van der Waals surface area (Å²) in [5.74, 6) is 2.20. The van der Waals surface area contributed by atoms with E-state index in [1.54, 1.807) is 0 Å². The number of pyridine rings is 2. The topological polar surface area (TPSA) is 127 Å². The number of rotatable bonds is 8. The first kappa shape index (κ1) is 47.1. The largest absolute Gasteiger partial charge is 0.383 e. The molecule has 0 aliphatic carbocycles. The van der Waals surface area contributed by atoms with Crippen molar-refractivity contribution in [3.63, 3.8) is 0 Å².